The van der Waals surface area contributed by atoms with E-state index in [1.807, 2.05) is 0 Å². The van der Waals surface area contributed by atoms with Crippen molar-refractivity contribution in [1.82, 2.24) is 10.2 Å². The second kappa shape index (κ2) is 10.5. The lowest BCUT2D eigenvalue weighted by atomic mass is 10.1. The molecule has 1 aliphatic heterocycles. The predicted octanol–water partition coefficient (Wildman–Crippen LogP) is 3.85. The quantitative estimate of drug-likeness (QED) is 0.568. The van der Waals surface area contributed by atoms with E-state index in [-0.39, 0.29) is 5.66 Å². The van der Waals surface area contributed by atoms with Gasteiger partial charge in [0.2, 0.25) is 11.9 Å². The zero-order valence-electron chi connectivity index (χ0n) is 15.7. The van der Waals surface area contributed by atoms with Crippen LogP contribution < -0.4 is 11.1 Å². The van der Waals surface area contributed by atoms with Gasteiger partial charge in [-0.1, -0.05) is 58.8 Å². The number of guanidine groups is 2. The van der Waals surface area contributed by atoms with Gasteiger partial charge in [-0.05, 0) is 26.7 Å². The summed E-state index contributed by atoms with van der Waals surface area (Å²) >= 11 is 0. The molecule has 5 heteroatoms. The van der Waals surface area contributed by atoms with Gasteiger partial charge in [0.1, 0.15) is 5.66 Å². The van der Waals surface area contributed by atoms with Crippen molar-refractivity contribution in [2.24, 2.45) is 15.7 Å². The van der Waals surface area contributed by atoms with Crippen LogP contribution in [0.3, 0.4) is 0 Å². The second-order valence-corrected chi connectivity index (χ2v) is 6.99. The molecule has 0 radical (unpaired) electrons. The van der Waals surface area contributed by atoms with Crippen LogP contribution in [0.5, 0.6) is 0 Å². The Morgan fingerprint density at radius 3 is 2.26 bits per heavy atom. The van der Waals surface area contributed by atoms with E-state index in [0.29, 0.717) is 11.9 Å². The lowest BCUT2D eigenvalue weighted by Crippen LogP contribution is -2.64. The number of nitrogens with two attached hydrogens (primary N) is 1. The predicted molar refractivity (Wildman–Crippen MR) is 101 cm³/mol. The van der Waals surface area contributed by atoms with Gasteiger partial charge in [0, 0.05) is 13.1 Å². The minimum Gasteiger partial charge on any atom is -0.369 e. The molecule has 23 heavy (non-hydrogen) atoms. The Morgan fingerprint density at radius 2 is 1.61 bits per heavy atom. The topological polar surface area (TPSA) is 66.0 Å². The van der Waals surface area contributed by atoms with Gasteiger partial charge in [-0.2, -0.15) is 4.99 Å². The maximum absolute atomic E-state index is 6.19. The Morgan fingerprint density at radius 1 is 1.00 bits per heavy atom. The van der Waals surface area contributed by atoms with Crippen LogP contribution in [0, 0.1) is 0 Å². The van der Waals surface area contributed by atoms with Crippen LogP contribution in [0.25, 0.3) is 0 Å². The van der Waals surface area contributed by atoms with E-state index in [0.717, 1.165) is 25.9 Å². The van der Waals surface area contributed by atoms with Gasteiger partial charge in [0.25, 0.3) is 0 Å². The molecule has 5 nitrogen and oxygen atoms in total. The monoisotopic (exact) mass is 323 g/mol. The number of nitrogens with one attached hydrogen (secondary N) is 1. The Bertz CT molecular complexity index is 387. The summed E-state index contributed by atoms with van der Waals surface area (Å²) in [5, 5.41) is 3.42. The van der Waals surface area contributed by atoms with Gasteiger partial charge in [-0.3, -0.25) is 4.99 Å². The summed E-state index contributed by atoms with van der Waals surface area (Å²) < 4.78 is 0. The van der Waals surface area contributed by atoms with Crippen molar-refractivity contribution in [1.29, 1.82) is 0 Å². The summed E-state index contributed by atoms with van der Waals surface area (Å²) in [7, 11) is 0. The van der Waals surface area contributed by atoms with E-state index in [9.17, 15) is 0 Å². The Balaban J connectivity index is 2.47. The molecule has 0 spiro atoms. The molecule has 0 bridgehead atoms. The smallest absolute Gasteiger partial charge is 0.223 e. The molecule has 0 aromatic heterocycles. The summed E-state index contributed by atoms with van der Waals surface area (Å²) in [6, 6.07) is 0. The van der Waals surface area contributed by atoms with E-state index < -0.39 is 0 Å². The third-order valence-corrected chi connectivity index (χ3v) is 4.35. The van der Waals surface area contributed by atoms with Crippen LogP contribution in [0.1, 0.15) is 85.5 Å². The van der Waals surface area contributed by atoms with Gasteiger partial charge in [0.05, 0.1) is 0 Å². The maximum atomic E-state index is 6.19. The Labute approximate surface area is 142 Å². The lowest BCUT2D eigenvalue weighted by Gasteiger charge is -2.43. The highest BCUT2D eigenvalue weighted by atomic mass is 15.4. The molecule has 0 saturated carbocycles. The first kappa shape index (κ1) is 19.8. The summed E-state index contributed by atoms with van der Waals surface area (Å²) in [4.78, 5) is 11.2. The zero-order valence-corrected chi connectivity index (χ0v) is 15.7. The average molecular weight is 324 g/mol. The molecule has 1 heterocycles. The molecule has 3 N–H and O–H groups in total. The van der Waals surface area contributed by atoms with Crippen molar-refractivity contribution >= 4 is 11.9 Å². The Kier molecular flexibility index (Phi) is 9.03. The van der Waals surface area contributed by atoms with Gasteiger partial charge in [-0.25, -0.2) is 0 Å². The van der Waals surface area contributed by atoms with Crippen LogP contribution in [-0.4, -0.2) is 35.6 Å². The van der Waals surface area contributed by atoms with E-state index >= 15 is 0 Å². The molecule has 134 valence electrons. The molecule has 1 rings (SSSR count). The molecule has 0 unspecified atom stereocenters. The van der Waals surface area contributed by atoms with Crippen molar-refractivity contribution in [3.05, 3.63) is 0 Å². The number of hydrogen-bond donors (Lipinski definition) is 2. The molecule has 0 atom stereocenters. The van der Waals surface area contributed by atoms with Gasteiger partial charge in [0.15, 0.2) is 0 Å². The van der Waals surface area contributed by atoms with Crippen molar-refractivity contribution in [3.63, 3.8) is 0 Å². The molecule has 1 aliphatic rings. The number of unbranched alkanes of at least 4 members (excludes halogenated alkanes) is 7. The van der Waals surface area contributed by atoms with Crippen LogP contribution in [0.4, 0.5) is 0 Å². The van der Waals surface area contributed by atoms with Gasteiger partial charge < -0.3 is 16.0 Å². The molecule has 0 saturated heterocycles. The summed E-state index contributed by atoms with van der Waals surface area (Å²) in [6.07, 6.45) is 11.3. The van der Waals surface area contributed by atoms with Crippen LogP contribution in [0.2, 0.25) is 0 Å². The van der Waals surface area contributed by atoms with Crippen molar-refractivity contribution in [2.75, 3.05) is 13.1 Å². The first-order valence-corrected chi connectivity index (χ1v) is 9.45. The second-order valence-electron chi connectivity index (χ2n) is 6.99. The van der Waals surface area contributed by atoms with Crippen LogP contribution >= 0.6 is 0 Å². The maximum Gasteiger partial charge on any atom is 0.223 e. The largest absolute Gasteiger partial charge is 0.369 e. The number of nitrogens with zero attached hydrogens (tertiary/aromatic N) is 3. The fourth-order valence-corrected chi connectivity index (χ4v) is 2.89. The minimum atomic E-state index is -0.223. The third kappa shape index (κ3) is 7.23. The zero-order chi connectivity index (χ0) is 17.1. The first-order chi connectivity index (χ1) is 11.0. The van der Waals surface area contributed by atoms with E-state index in [4.69, 9.17) is 5.73 Å². The van der Waals surface area contributed by atoms with Crippen molar-refractivity contribution in [3.8, 4) is 0 Å². The summed E-state index contributed by atoms with van der Waals surface area (Å²) in [5.41, 5.74) is 5.97. The number of hydrogen-bond acceptors (Lipinski definition) is 3. The van der Waals surface area contributed by atoms with Crippen LogP contribution in [0.15, 0.2) is 9.98 Å². The molecule has 0 fully saturated rings. The van der Waals surface area contributed by atoms with E-state index in [1.54, 1.807) is 0 Å². The Hall–Kier alpha value is -1.26. The van der Waals surface area contributed by atoms with E-state index in [1.165, 1.54) is 44.9 Å². The SMILES string of the molecule is CCCCCCCCN1C(N)=NC(=NCCCCC)NC1(C)C. The molecular weight excluding hydrogens is 286 g/mol. The highest BCUT2D eigenvalue weighted by Gasteiger charge is 2.32. The standard InChI is InChI=1S/C18H37N5/c1-5-7-9-10-11-13-15-23-16(19)21-17(22-18(23,3)4)20-14-12-8-6-2/h5-15H2,1-4H3,(H3,19,20,21,22). The lowest BCUT2D eigenvalue weighted by molar-refractivity contribution is 0.182. The van der Waals surface area contributed by atoms with Crippen molar-refractivity contribution in [2.45, 2.75) is 91.1 Å². The molecule has 0 aliphatic carbocycles. The average Bonchev–Trinajstić information content (AvgIpc) is 2.49. The van der Waals surface area contributed by atoms with Gasteiger partial charge in [-0.15, -0.1) is 0 Å². The molecule has 0 aromatic rings. The number of rotatable bonds is 11. The van der Waals surface area contributed by atoms with E-state index in [2.05, 4.69) is 47.9 Å². The summed E-state index contributed by atoms with van der Waals surface area (Å²) in [5.74, 6) is 1.28. The highest BCUT2D eigenvalue weighted by Crippen LogP contribution is 2.17. The van der Waals surface area contributed by atoms with Crippen molar-refractivity contribution < 1.29 is 0 Å². The van der Waals surface area contributed by atoms with Crippen LogP contribution in [-0.2, 0) is 0 Å². The fourth-order valence-electron chi connectivity index (χ4n) is 2.89. The fraction of sp³-hybridized carbons (Fsp3) is 0.889. The molecule has 0 aromatic carbocycles. The molecule has 0 amide bonds. The third-order valence-electron chi connectivity index (χ3n) is 4.35. The summed E-state index contributed by atoms with van der Waals surface area (Å²) in [6.45, 7) is 10.5. The minimum absolute atomic E-state index is 0.223. The number of aliphatic imine (C=N–C) groups is 2. The highest BCUT2D eigenvalue weighted by molar-refractivity contribution is 5.97. The first-order valence-electron chi connectivity index (χ1n) is 9.45. The normalized spacial score (nSPS) is 18.9. The van der Waals surface area contributed by atoms with Gasteiger partial charge >= 0.3 is 0 Å². The molecular formula is C18H37N5.